The summed E-state index contributed by atoms with van der Waals surface area (Å²) >= 11 is 0. The van der Waals surface area contributed by atoms with E-state index in [9.17, 15) is 0 Å². The molecular formula is C10H23NO. The molecule has 2 nitrogen and oxygen atoms in total. The van der Waals surface area contributed by atoms with E-state index in [1.165, 1.54) is 0 Å². The van der Waals surface area contributed by atoms with E-state index < -0.39 is 0 Å². The summed E-state index contributed by atoms with van der Waals surface area (Å²) in [6.07, 6.45) is 3.78. The van der Waals surface area contributed by atoms with Gasteiger partial charge in [-0.25, -0.2) is 0 Å². The van der Waals surface area contributed by atoms with E-state index in [4.69, 9.17) is 4.84 Å². The first-order valence-electron chi connectivity index (χ1n) is 5.16. The Balaban J connectivity index is 3.61. The zero-order valence-electron chi connectivity index (χ0n) is 8.97. The average Bonchev–Trinajstić information content (AvgIpc) is 2.05. The summed E-state index contributed by atoms with van der Waals surface area (Å²) in [5, 5.41) is 2.09. The van der Waals surface area contributed by atoms with Gasteiger partial charge in [-0.3, -0.25) is 4.84 Å². The fraction of sp³-hybridized carbons (Fsp3) is 1.00. The molecule has 0 amide bonds. The Labute approximate surface area is 76.9 Å². The van der Waals surface area contributed by atoms with Gasteiger partial charge in [0.25, 0.3) is 0 Å². The Hall–Kier alpha value is -0.0800. The Kier molecular flexibility index (Phi) is 7.51. The Bertz CT molecular complexity index is 89.8. The van der Waals surface area contributed by atoms with Crippen LogP contribution in [0.15, 0.2) is 0 Å². The van der Waals surface area contributed by atoms with Gasteiger partial charge in [-0.05, 0) is 26.2 Å². The first kappa shape index (κ1) is 11.9. The summed E-state index contributed by atoms with van der Waals surface area (Å²) in [4.78, 5) is 5.71. The molecule has 0 aromatic rings. The molecule has 2 heteroatoms. The van der Waals surface area contributed by atoms with Crippen molar-refractivity contribution in [2.45, 2.75) is 53.1 Å². The van der Waals surface area contributed by atoms with E-state index in [1.54, 1.807) is 0 Å². The highest BCUT2D eigenvalue weighted by Crippen LogP contribution is 2.02. The van der Waals surface area contributed by atoms with Crippen LogP contribution in [0.4, 0.5) is 0 Å². The van der Waals surface area contributed by atoms with Crippen LogP contribution in [-0.4, -0.2) is 24.3 Å². The number of hydrogen-bond acceptors (Lipinski definition) is 2. The van der Waals surface area contributed by atoms with Gasteiger partial charge in [-0.2, -0.15) is 5.06 Å². The van der Waals surface area contributed by atoms with Crippen molar-refractivity contribution in [1.29, 1.82) is 0 Å². The highest BCUT2D eigenvalue weighted by Gasteiger charge is 2.06. The molecule has 1 atom stereocenters. The first-order valence-corrected chi connectivity index (χ1v) is 5.16. The minimum absolute atomic E-state index is 0.364. The van der Waals surface area contributed by atoms with Gasteiger partial charge in [0.2, 0.25) is 0 Å². The van der Waals surface area contributed by atoms with Crippen LogP contribution >= 0.6 is 0 Å². The lowest BCUT2D eigenvalue weighted by Gasteiger charge is -2.24. The van der Waals surface area contributed by atoms with Crippen LogP contribution in [0.5, 0.6) is 0 Å². The molecule has 0 saturated carbocycles. The van der Waals surface area contributed by atoms with Gasteiger partial charge in [0, 0.05) is 13.1 Å². The van der Waals surface area contributed by atoms with Gasteiger partial charge in [-0.15, -0.1) is 0 Å². The molecule has 0 bridgehead atoms. The van der Waals surface area contributed by atoms with Crippen LogP contribution in [0.2, 0.25) is 0 Å². The third-order valence-electron chi connectivity index (χ3n) is 1.85. The second-order valence-corrected chi connectivity index (χ2v) is 3.25. The zero-order chi connectivity index (χ0) is 9.40. The lowest BCUT2D eigenvalue weighted by atomic mass is 10.3. The van der Waals surface area contributed by atoms with Crippen molar-refractivity contribution in [3.05, 3.63) is 0 Å². The Morgan fingerprint density at radius 2 is 1.58 bits per heavy atom. The summed E-state index contributed by atoms with van der Waals surface area (Å²) in [5.74, 6) is 0. The molecule has 0 saturated heterocycles. The van der Waals surface area contributed by atoms with Gasteiger partial charge >= 0.3 is 0 Å². The topological polar surface area (TPSA) is 12.5 Å². The normalized spacial score (nSPS) is 13.8. The molecule has 0 aliphatic rings. The zero-order valence-corrected chi connectivity index (χ0v) is 8.97. The van der Waals surface area contributed by atoms with Crippen LogP contribution in [0.3, 0.4) is 0 Å². The van der Waals surface area contributed by atoms with Crippen molar-refractivity contribution in [2.75, 3.05) is 13.1 Å². The molecule has 0 radical (unpaired) electrons. The lowest BCUT2D eigenvalue weighted by Crippen LogP contribution is -2.29. The molecule has 74 valence electrons. The first-order chi connectivity index (χ1) is 5.74. The third kappa shape index (κ3) is 5.56. The molecule has 12 heavy (non-hydrogen) atoms. The van der Waals surface area contributed by atoms with Crippen molar-refractivity contribution in [1.82, 2.24) is 5.06 Å². The summed E-state index contributed by atoms with van der Waals surface area (Å²) < 4.78 is 0. The average molecular weight is 173 g/mol. The lowest BCUT2D eigenvalue weighted by molar-refractivity contribution is -0.193. The van der Waals surface area contributed by atoms with E-state index in [2.05, 4.69) is 32.8 Å². The van der Waals surface area contributed by atoms with E-state index in [0.717, 1.165) is 32.4 Å². The maximum Gasteiger partial charge on any atom is 0.0762 e. The fourth-order valence-electron chi connectivity index (χ4n) is 1.05. The summed E-state index contributed by atoms with van der Waals surface area (Å²) in [6.45, 7) is 10.8. The molecule has 0 N–H and O–H groups in total. The predicted molar refractivity (Wildman–Crippen MR) is 53.0 cm³/mol. The van der Waals surface area contributed by atoms with Crippen LogP contribution in [0.1, 0.15) is 47.0 Å². The number of hydrogen-bond donors (Lipinski definition) is 0. The van der Waals surface area contributed by atoms with Gasteiger partial charge in [0.05, 0.1) is 6.10 Å². The number of hydroxylamine groups is 2. The molecule has 0 aromatic carbocycles. The Morgan fingerprint density at radius 1 is 1.08 bits per heavy atom. The number of nitrogens with zero attached hydrogens (tertiary/aromatic N) is 1. The molecule has 1 unspecified atom stereocenters. The molecule has 0 aliphatic carbocycles. The number of rotatable bonds is 7. The molecule has 0 rings (SSSR count). The quantitative estimate of drug-likeness (QED) is 0.549. The molecule has 0 aromatic heterocycles. The fourth-order valence-corrected chi connectivity index (χ4v) is 1.05. The standard InChI is InChI=1S/C10H23NO/c1-5-8-11(9-6-2)12-10(4)7-3/h10H,5-9H2,1-4H3. The van der Waals surface area contributed by atoms with Crippen LogP contribution < -0.4 is 0 Å². The van der Waals surface area contributed by atoms with Crippen LogP contribution in [0.25, 0.3) is 0 Å². The van der Waals surface area contributed by atoms with Crippen molar-refractivity contribution in [2.24, 2.45) is 0 Å². The summed E-state index contributed by atoms with van der Waals surface area (Å²) in [7, 11) is 0. The third-order valence-corrected chi connectivity index (χ3v) is 1.85. The monoisotopic (exact) mass is 173 g/mol. The van der Waals surface area contributed by atoms with Crippen molar-refractivity contribution in [3.8, 4) is 0 Å². The van der Waals surface area contributed by atoms with E-state index in [0.29, 0.717) is 6.10 Å². The van der Waals surface area contributed by atoms with E-state index in [1.807, 2.05) is 0 Å². The second-order valence-electron chi connectivity index (χ2n) is 3.25. The van der Waals surface area contributed by atoms with E-state index >= 15 is 0 Å². The molecule has 0 spiro atoms. The largest absolute Gasteiger partial charge is 0.296 e. The molecule has 0 heterocycles. The Morgan fingerprint density at radius 3 is 1.92 bits per heavy atom. The molecule has 0 fully saturated rings. The van der Waals surface area contributed by atoms with Crippen molar-refractivity contribution < 1.29 is 4.84 Å². The van der Waals surface area contributed by atoms with Crippen molar-refractivity contribution >= 4 is 0 Å². The summed E-state index contributed by atoms with van der Waals surface area (Å²) in [6, 6.07) is 0. The van der Waals surface area contributed by atoms with Gasteiger partial charge in [0.15, 0.2) is 0 Å². The molecule has 0 aliphatic heterocycles. The molecular weight excluding hydrogens is 150 g/mol. The van der Waals surface area contributed by atoms with Crippen LogP contribution in [-0.2, 0) is 4.84 Å². The maximum absolute atomic E-state index is 5.71. The minimum atomic E-state index is 0.364. The van der Waals surface area contributed by atoms with Crippen LogP contribution in [0, 0.1) is 0 Å². The second kappa shape index (κ2) is 7.56. The minimum Gasteiger partial charge on any atom is -0.296 e. The van der Waals surface area contributed by atoms with Gasteiger partial charge in [-0.1, -0.05) is 20.8 Å². The smallest absolute Gasteiger partial charge is 0.0762 e. The van der Waals surface area contributed by atoms with Gasteiger partial charge < -0.3 is 0 Å². The summed E-state index contributed by atoms with van der Waals surface area (Å²) in [5.41, 5.74) is 0. The van der Waals surface area contributed by atoms with Gasteiger partial charge in [0.1, 0.15) is 0 Å². The highest BCUT2D eigenvalue weighted by molar-refractivity contribution is 4.47. The van der Waals surface area contributed by atoms with E-state index in [-0.39, 0.29) is 0 Å². The predicted octanol–water partition coefficient (Wildman–Crippen LogP) is 2.84. The SMILES string of the molecule is CCCN(CCC)OC(C)CC. The van der Waals surface area contributed by atoms with Crippen molar-refractivity contribution in [3.63, 3.8) is 0 Å². The highest BCUT2D eigenvalue weighted by atomic mass is 16.7. The maximum atomic E-state index is 5.71.